The fraction of sp³-hybridized carbons (Fsp3) is 0.556. The van der Waals surface area contributed by atoms with Gasteiger partial charge in [-0.1, -0.05) is 6.58 Å². The minimum atomic E-state index is -0.913. The van der Waals surface area contributed by atoms with E-state index in [2.05, 4.69) is 6.58 Å². The Kier molecular flexibility index (Phi) is 10.4. The Labute approximate surface area is 93.9 Å². The quantitative estimate of drug-likeness (QED) is 0.589. The molecule has 15 heavy (non-hydrogen) atoms. The van der Waals surface area contributed by atoms with E-state index in [9.17, 15) is 9.59 Å². The van der Waals surface area contributed by atoms with Gasteiger partial charge in [-0.15, -0.1) is 0 Å². The number of rotatable bonds is 5. The van der Waals surface area contributed by atoms with Crippen LogP contribution in [-0.4, -0.2) is 35.0 Å². The monoisotopic (exact) mass is 234 g/mol. The first kappa shape index (κ1) is 16.4. The molecule has 0 aliphatic heterocycles. The molecular formula is C9H18N2O3S. The van der Waals surface area contributed by atoms with Crippen molar-refractivity contribution >= 4 is 23.6 Å². The smallest absolute Gasteiger partial charge is 0.320 e. The van der Waals surface area contributed by atoms with Crippen LogP contribution < -0.4 is 11.5 Å². The van der Waals surface area contributed by atoms with E-state index in [-0.39, 0.29) is 0 Å². The standard InChI is InChI=1S/C5H11NO2S.C4H7NO/c1-9-3-2-4(6)5(7)8;1-3(2)4(5)6/h4H,2-3,6H2,1H3,(H,7,8);1H2,2H3,(H2,5,6)/t4-;/m1./s1. The Morgan fingerprint density at radius 2 is 1.93 bits per heavy atom. The first-order valence-corrected chi connectivity index (χ1v) is 5.65. The van der Waals surface area contributed by atoms with Crippen molar-refractivity contribution in [3.05, 3.63) is 12.2 Å². The Bertz CT molecular complexity index is 219. The van der Waals surface area contributed by atoms with Crippen LogP contribution in [0.1, 0.15) is 13.3 Å². The molecular weight excluding hydrogens is 216 g/mol. The third kappa shape index (κ3) is 13.0. The molecule has 0 saturated heterocycles. The third-order valence-electron chi connectivity index (χ3n) is 1.37. The summed E-state index contributed by atoms with van der Waals surface area (Å²) in [6.45, 7) is 4.85. The number of hydrogen-bond donors (Lipinski definition) is 3. The van der Waals surface area contributed by atoms with Gasteiger partial charge < -0.3 is 16.6 Å². The average Bonchev–Trinajstić information content (AvgIpc) is 2.14. The topological polar surface area (TPSA) is 106 Å². The van der Waals surface area contributed by atoms with Crippen molar-refractivity contribution in [2.75, 3.05) is 12.0 Å². The minimum absolute atomic E-state index is 0.398. The van der Waals surface area contributed by atoms with E-state index < -0.39 is 17.9 Å². The van der Waals surface area contributed by atoms with Gasteiger partial charge in [0.05, 0.1) is 0 Å². The maximum atomic E-state index is 10.1. The van der Waals surface area contributed by atoms with Crippen molar-refractivity contribution in [3.8, 4) is 0 Å². The molecule has 0 radical (unpaired) electrons. The molecule has 1 amide bonds. The van der Waals surface area contributed by atoms with E-state index in [4.69, 9.17) is 16.6 Å². The lowest BCUT2D eigenvalue weighted by molar-refractivity contribution is -0.138. The van der Waals surface area contributed by atoms with Crippen LogP contribution >= 0.6 is 11.8 Å². The van der Waals surface area contributed by atoms with Gasteiger partial charge in [0.25, 0.3) is 0 Å². The molecule has 0 aromatic carbocycles. The number of carbonyl (C=O) groups excluding carboxylic acids is 1. The minimum Gasteiger partial charge on any atom is -0.480 e. The van der Waals surface area contributed by atoms with Gasteiger partial charge >= 0.3 is 5.97 Å². The number of thioether (sulfide) groups is 1. The molecule has 0 aromatic rings. The maximum Gasteiger partial charge on any atom is 0.320 e. The molecule has 5 nitrogen and oxygen atoms in total. The lowest BCUT2D eigenvalue weighted by Crippen LogP contribution is -2.30. The third-order valence-corrected chi connectivity index (χ3v) is 2.01. The van der Waals surface area contributed by atoms with E-state index >= 15 is 0 Å². The molecule has 6 heteroatoms. The maximum absolute atomic E-state index is 10.1. The molecule has 5 N–H and O–H groups in total. The van der Waals surface area contributed by atoms with Crippen LogP contribution in [0.2, 0.25) is 0 Å². The van der Waals surface area contributed by atoms with Crippen LogP contribution in [0.4, 0.5) is 0 Å². The first-order chi connectivity index (χ1) is 6.82. The predicted octanol–water partition coefficient (Wildman–Crippen LogP) is 0.199. The van der Waals surface area contributed by atoms with Crippen molar-refractivity contribution in [2.45, 2.75) is 19.4 Å². The SMILES string of the molecule is C=C(C)C(N)=O.CSCC[C@@H](N)C(=O)O. The van der Waals surface area contributed by atoms with Crippen molar-refractivity contribution in [2.24, 2.45) is 11.5 Å². The molecule has 0 heterocycles. The number of carboxylic acids is 1. The molecule has 1 atom stereocenters. The highest BCUT2D eigenvalue weighted by molar-refractivity contribution is 7.98. The van der Waals surface area contributed by atoms with Gasteiger partial charge in [0.2, 0.25) is 5.91 Å². The zero-order valence-corrected chi connectivity index (χ0v) is 9.84. The highest BCUT2D eigenvalue weighted by atomic mass is 32.2. The van der Waals surface area contributed by atoms with Gasteiger partial charge in [-0.3, -0.25) is 9.59 Å². The van der Waals surface area contributed by atoms with Crippen LogP contribution in [0.25, 0.3) is 0 Å². The highest BCUT2D eigenvalue weighted by Gasteiger charge is 2.08. The molecule has 0 saturated carbocycles. The zero-order chi connectivity index (χ0) is 12.4. The van der Waals surface area contributed by atoms with Gasteiger partial charge in [-0.05, 0) is 25.4 Å². The zero-order valence-electron chi connectivity index (χ0n) is 9.03. The van der Waals surface area contributed by atoms with Gasteiger partial charge in [-0.25, -0.2) is 0 Å². The van der Waals surface area contributed by atoms with E-state index in [1.165, 1.54) is 0 Å². The van der Waals surface area contributed by atoms with Crippen LogP contribution in [0.5, 0.6) is 0 Å². The summed E-state index contributed by atoms with van der Waals surface area (Å²) in [5.41, 5.74) is 10.3. The number of aliphatic carboxylic acids is 1. The van der Waals surface area contributed by atoms with Crippen molar-refractivity contribution < 1.29 is 14.7 Å². The normalized spacial score (nSPS) is 10.9. The second kappa shape index (κ2) is 9.54. The van der Waals surface area contributed by atoms with Crippen molar-refractivity contribution in [1.29, 1.82) is 0 Å². The molecule has 0 spiro atoms. The summed E-state index contributed by atoms with van der Waals surface area (Å²) in [6, 6.07) is -0.683. The van der Waals surface area contributed by atoms with Gasteiger partial charge in [0, 0.05) is 5.57 Å². The number of carboxylic acid groups (broad SMARTS) is 1. The summed E-state index contributed by atoms with van der Waals surface area (Å²) in [6.07, 6.45) is 2.48. The molecule has 0 aromatic heterocycles. The molecule has 0 aliphatic rings. The summed E-state index contributed by atoms with van der Waals surface area (Å²) in [5, 5.41) is 8.27. The fourth-order valence-electron chi connectivity index (χ4n) is 0.368. The molecule has 88 valence electrons. The Morgan fingerprint density at radius 1 is 1.53 bits per heavy atom. The molecule has 0 unspecified atom stereocenters. The van der Waals surface area contributed by atoms with Crippen LogP contribution in [0.3, 0.4) is 0 Å². The number of amides is 1. The van der Waals surface area contributed by atoms with E-state index in [1.54, 1.807) is 18.7 Å². The summed E-state index contributed by atoms with van der Waals surface area (Å²) in [7, 11) is 0. The Hall–Kier alpha value is -1.01. The second-order valence-electron chi connectivity index (χ2n) is 2.87. The van der Waals surface area contributed by atoms with Crippen LogP contribution in [0.15, 0.2) is 12.2 Å². The van der Waals surface area contributed by atoms with Crippen molar-refractivity contribution in [3.63, 3.8) is 0 Å². The van der Waals surface area contributed by atoms with E-state index in [0.717, 1.165) is 5.75 Å². The largest absolute Gasteiger partial charge is 0.480 e. The van der Waals surface area contributed by atoms with Gasteiger partial charge in [0.1, 0.15) is 6.04 Å². The van der Waals surface area contributed by atoms with Crippen LogP contribution in [0, 0.1) is 0 Å². The van der Waals surface area contributed by atoms with Crippen molar-refractivity contribution in [1.82, 2.24) is 0 Å². The average molecular weight is 234 g/mol. The van der Waals surface area contributed by atoms with Crippen LogP contribution in [-0.2, 0) is 9.59 Å². The Balaban J connectivity index is 0. The lowest BCUT2D eigenvalue weighted by atomic mass is 10.2. The molecule has 0 fully saturated rings. The second-order valence-corrected chi connectivity index (χ2v) is 3.86. The summed E-state index contributed by atoms with van der Waals surface area (Å²) in [5.74, 6) is -0.535. The number of nitrogens with two attached hydrogens (primary N) is 2. The molecule has 0 rings (SSSR count). The number of hydrogen-bond acceptors (Lipinski definition) is 4. The summed E-state index contributed by atoms with van der Waals surface area (Å²) >= 11 is 1.60. The van der Waals surface area contributed by atoms with Gasteiger partial charge in [-0.2, -0.15) is 11.8 Å². The highest BCUT2D eigenvalue weighted by Crippen LogP contribution is 1.97. The number of primary amides is 1. The fourth-order valence-corrected chi connectivity index (χ4v) is 0.858. The predicted molar refractivity (Wildman–Crippen MR) is 62.6 cm³/mol. The summed E-state index contributed by atoms with van der Waals surface area (Å²) < 4.78 is 0. The molecule has 0 aliphatic carbocycles. The van der Waals surface area contributed by atoms with Gasteiger partial charge in [0.15, 0.2) is 0 Å². The Morgan fingerprint density at radius 3 is 2.13 bits per heavy atom. The summed E-state index contributed by atoms with van der Waals surface area (Å²) in [4.78, 5) is 19.9. The van der Waals surface area contributed by atoms with E-state index in [1.807, 2.05) is 6.26 Å². The lowest BCUT2D eigenvalue weighted by Gasteiger charge is -2.02. The van der Waals surface area contributed by atoms with E-state index in [0.29, 0.717) is 12.0 Å². The first-order valence-electron chi connectivity index (χ1n) is 4.25. The molecule has 0 bridgehead atoms. The number of carbonyl (C=O) groups is 2.